The molecule has 6 heteroatoms. The van der Waals surface area contributed by atoms with Crippen LogP contribution in [0.4, 0.5) is 5.69 Å². The Kier molecular flexibility index (Phi) is 5.05. The van der Waals surface area contributed by atoms with Crippen molar-refractivity contribution in [1.82, 2.24) is 0 Å². The Labute approximate surface area is 136 Å². The van der Waals surface area contributed by atoms with Crippen molar-refractivity contribution in [3.8, 4) is 5.75 Å². The number of carbonyl (C=O) groups is 1. The van der Waals surface area contributed by atoms with Gasteiger partial charge in [0.15, 0.2) is 16.4 Å². The summed E-state index contributed by atoms with van der Waals surface area (Å²) < 4.78 is 28.9. The zero-order valence-electron chi connectivity index (χ0n) is 13.3. The SMILES string of the molecule is Cc1ccc(OCC(=O)Nc2ccccc2S(C)(=O)=O)c(C)c1. The van der Waals surface area contributed by atoms with Gasteiger partial charge in [-0.3, -0.25) is 4.79 Å². The lowest BCUT2D eigenvalue weighted by atomic mass is 10.1. The van der Waals surface area contributed by atoms with Gasteiger partial charge in [0.2, 0.25) is 0 Å². The van der Waals surface area contributed by atoms with Gasteiger partial charge in [-0.25, -0.2) is 8.42 Å². The third kappa shape index (κ3) is 4.56. The number of aryl methyl sites for hydroxylation is 2. The zero-order valence-corrected chi connectivity index (χ0v) is 14.1. The van der Waals surface area contributed by atoms with Crippen LogP contribution in [0.5, 0.6) is 5.75 Å². The summed E-state index contributed by atoms with van der Waals surface area (Å²) in [7, 11) is -3.41. The molecule has 2 aromatic carbocycles. The molecule has 0 aromatic heterocycles. The maximum absolute atomic E-state index is 12.0. The Bertz CT molecular complexity index is 828. The zero-order chi connectivity index (χ0) is 17.0. The van der Waals surface area contributed by atoms with Gasteiger partial charge in [-0.2, -0.15) is 0 Å². The molecule has 5 nitrogen and oxygen atoms in total. The van der Waals surface area contributed by atoms with E-state index in [9.17, 15) is 13.2 Å². The fourth-order valence-electron chi connectivity index (χ4n) is 2.18. The second-order valence-electron chi connectivity index (χ2n) is 5.37. The molecular weight excluding hydrogens is 314 g/mol. The number of para-hydroxylation sites is 1. The molecule has 122 valence electrons. The lowest BCUT2D eigenvalue weighted by Crippen LogP contribution is -2.21. The average Bonchev–Trinajstić information content (AvgIpc) is 2.46. The summed E-state index contributed by atoms with van der Waals surface area (Å²) in [4.78, 5) is 12.1. The molecule has 0 saturated heterocycles. The molecule has 0 fully saturated rings. The molecule has 0 unspecified atom stereocenters. The van der Waals surface area contributed by atoms with Gasteiger partial charge in [0.05, 0.1) is 10.6 Å². The van der Waals surface area contributed by atoms with Crippen LogP contribution in [-0.4, -0.2) is 27.2 Å². The molecule has 0 radical (unpaired) electrons. The summed E-state index contributed by atoms with van der Waals surface area (Å²) in [6, 6.07) is 11.9. The van der Waals surface area contributed by atoms with Crippen molar-refractivity contribution in [2.75, 3.05) is 18.2 Å². The maximum atomic E-state index is 12.0. The predicted octanol–water partition coefficient (Wildman–Crippen LogP) is 2.72. The monoisotopic (exact) mass is 333 g/mol. The van der Waals surface area contributed by atoms with E-state index in [1.807, 2.05) is 32.0 Å². The minimum absolute atomic E-state index is 0.0832. The molecule has 0 heterocycles. The van der Waals surface area contributed by atoms with Crippen molar-refractivity contribution < 1.29 is 17.9 Å². The van der Waals surface area contributed by atoms with Crippen molar-refractivity contribution in [2.45, 2.75) is 18.7 Å². The van der Waals surface area contributed by atoms with E-state index in [4.69, 9.17) is 4.74 Å². The van der Waals surface area contributed by atoms with E-state index in [0.717, 1.165) is 17.4 Å². The van der Waals surface area contributed by atoms with Crippen LogP contribution in [0.2, 0.25) is 0 Å². The fraction of sp³-hybridized carbons (Fsp3) is 0.235. The minimum atomic E-state index is -3.41. The lowest BCUT2D eigenvalue weighted by Gasteiger charge is -2.12. The molecule has 0 aliphatic heterocycles. The Morgan fingerprint density at radius 3 is 2.48 bits per heavy atom. The van der Waals surface area contributed by atoms with Gasteiger partial charge in [0, 0.05) is 6.26 Å². The molecule has 23 heavy (non-hydrogen) atoms. The largest absolute Gasteiger partial charge is 0.483 e. The normalized spacial score (nSPS) is 11.1. The molecular formula is C17H19NO4S. The maximum Gasteiger partial charge on any atom is 0.262 e. The number of sulfone groups is 1. The van der Waals surface area contributed by atoms with Crippen LogP contribution in [0.1, 0.15) is 11.1 Å². The first kappa shape index (κ1) is 17.0. The first-order valence-electron chi connectivity index (χ1n) is 7.06. The molecule has 0 spiro atoms. The van der Waals surface area contributed by atoms with Crippen LogP contribution < -0.4 is 10.1 Å². The van der Waals surface area contributed by atoms with Gasteiger partial charge in [-0.1, -0.05) is 29.8 Å². The van der Waals surface area contributed by atoms with E-state index in [1.54, 1.807) is 18.2 Å². The summed E-state index contributed by atoms with van der Waals surface area (Å²) in [6.07, 6.45) is 1.10. The van der Waals surface area contributed by atoms with Crippen molar-refractivity contribution in [1.29, 1.82) is 0 Å². The standard InChI is InChI=1S/C17H19NO4S/c1-12-8-9-15(13(2)10-12)22-11-17(19)18-14-6-4-5-7-16(14)23(3,20)21/h4-10H,11H2,1-3H3,(H,18,19). The van der Waals surface area contributed by atoms with Crippen molar-refractivity contribution in [3.05, 3.63) is 53.6 Å². The van der Waals surface area contributed by atoms with Gasteiger partial charge in [0.1, 0.15) is 5.75 Å². The second-order valence-corrected chi connectivity index (χ2v) is 7.36. The summed E-state index contributed by atoms with van der Waals surface area (Å²) in [6.45, 7) is 3.69. The van der Waals surface area contributed by atoms with Crippen LogP contribution in [0, 0.1) is 13.8 Å². The Morgan fingerprint density at radius 2 is 1.83 bits per heavy atom. The highest BCUT2D eigenvalue weighted by atomic mass is 32.2. The van der Waals surface area contributed by atoms with Crippen LogP contribution in [0.15, 0.2) is 47.4 Å². The number of rotatable bonds is 5. The highest BCUT2D eigenvalue weighted by Gasteiger charge is 2.14. The van der Waals surface area contributed by atoms with Crippen molar-refractivity contribution in [3.63, 3.8) is 0 Å². The van der Waals surface area contributed by atoms with Gasteiger partial charge in [0.25, 0.3) is 5.91 Å². The average molecular weight is 333 g/mol. The molecule has 0 saturated carbocycles. The molecule has 1 N–H and O–H groups in total. The van der Waals surface area contributed by atoms with E-state index in [2.05, 4.69) is 5.32 Å². The molecule has 0 atom stereocenters. The number of nitrogens with one attached hydrogen (secondary N) is 1. The Balaban J connectivity index is 2.06. The number of benzene rings is 2. The van der Waals surface area contributed by atoms with Crippen molar-refractivity contribution >= 4 is 21.4 Å². The highest BCUT2D eigenvalue weighted by molar-refractivity contribution is 7.90. The van der Waals surface area contributed by atoms with Crippen LogP contribution >= 0.6 is 0 Å². The Hall–Kier alpha value is -2.34. The molecule has 1 amide bonds. The number of carbonyl (C=O) groups excluding carboxylic acids is 1. The summed E-state index contributed by atoms with van der Waals surface area (Å²) in [5.41, 5.74) is 2.31. The van der Waals surface area contributed by atoms with E-state index in [1.165, 1.54) is 6.07 Å². The Morgan fingerprint density at radius 1 is 1.13 bits per heavy atom. The predicted molar refractivity (Wildman–Crippen MR) is 89.6 cm³/mol. The van der Waals surface area contributed by atoms with Gasteiger partial charge < -0.3 is 10.1 Å². The lowest BCUT2D eigenvalue weighted by molar-refractivity contribution is -0.118. The third-order valence-corrected chi connectivity index (χ3v) is 4.40. The fourth-order valence-corrected chi connectivity index (χ4v) is 3.03. The number of hydrogen-bond donors (Lipinski definition) is 1. The van der Waals surface area contributed by atoms with E-state index < -0.39 is 15.7 Å². The minimum Gasteiger partial charge on any atom is -0.483 e. The number of hydrogen-bond acceptors (Lipinski definition) is 4. The third-order valence-electron chi connectivity index (χ3n) is 3.25. The summed E-state index contributed by atoms with van der Waals surface area (Å²) >= 11 is 0. The topological polar surface area (TPSA) is 72.5 Å². The number of anilines is 1. The van der Waals surface area contributed by atoms with Crippen LogP contribution in [0.3, 0.4) is 0 Å². The van der Waals surface area contributed by atoms with Gasteiger partial charge in [-0.05, 0) is 37.6 Å². The van der Waals surface area contributed by atoms with Crippen molar-refractivity contribution in [2.24, 2.45) is 0 Å². The smallest absolute Gasteiger partial charge is 0.262 e. The molecule has 0 aliphatic rings. The highest BCUT2D eigenvalue weighted by Crippen LogP contribution is 2.21. The van der Waals surface area contributed by atoms with Gasteiger partial charge in [-0.15, -0.1) is 0 Å². The van der Waals surface area contributed by atoms with Crippen LogP contribution in [0.25, 0.3) is 0 Å². The summed E-state index contributed by atoms with van der Waals surface area (Å²) in [5.74, 6) is 0.211. The second kappa shape index (κ2) is 6.83. The first-order chi connectivity index (χ1) is 10.8. The van der Waals surface area contributed by atoms with E-state index >= 15 is 0 Å². The molecule has 2 aromatic rings. The number of ether oxygens (including phenoxy) is 1. The molecule has 0 aliphatic carbocycles. The van der Waals surface area contributed by atoms with Crippen LogP contribution in [-0.2, 0) is 14.6 Å². The number of amides is 1. The van der Waals surface area contributed by atoms with E-state index in [-0.39, 0.29) is 17.2 Å². The van der Waals surface area contributed by atoms with Gasteiger partial charge >= 0.3 is 0 Å². The quantitative estimate of drug-likeness (QED) is 0.913. The summed E-state index contributed by atoms with van der Waals surface area (Å²) in [5, 5.41) is 2.58. The molecule has 0 bridgehead atoms. The first-order valence-corrected chi connectivity index (χ1v) is 8.95. The molecule has 2 rings (SSSR count). The van der Waals surface area contributed by atoms with E-state index in [0.29, 0.717) is 5.75 Å².